The van der Waals surface area contributed by atoms with Gasteiger partial charge in [-0.25, -0.2) is 4.98 Å². The van der Waals surface area contributed by atoms with Gasteiger partial charge in [-0.1, -0.05) is 0 Å². The van der Waals surface area contributed by atoms with Crippen LogP contribution in [0.25, 0.3) is 0 Å². The molecule has 0 atom stereocenters. The van der Waals surface area contributed by atoms with Gasteiger partial charge in [0.15, 0.2) is 5.13 Å². The number of carbonyl (C=O) groups excluding carboxylic acids is 1. The molecule has 2 rings (SSSR count). The second kappa shape index (κ2) is 4.75. The van der Waals surface area contributed by atoms with E-state index in [2.05, 4.69) is 25.8 Å². The Kier molecular flexibility index (Phi) is 3.16. The van der Waals surface area contributed by atoms with Crippen molar-refractivity contribution < 1.29 is 4.79 Å². The maximum atomic E-state index is 11.6. The molecule has 0 saturated carbocycles. The van der Waals surface area contributed by atoms with Gasteiger partial charge in [-0.2, -0.15) is 5.10 Å². The standard InChI is InChI=1S/C9H11N5OS/c1-10-9-13-7(5-16-9)8(15)11-4-6-2-3-12-14-6/h2-3,5H,4H2,1H3,(H,10,13)(H,11,15)(H,12,14). The van der Waals surface area contributed by atoms with E-state index in [0.29, 0.717) is 12.2 Å². The van der Waals surface area contributed by atoms with Crippen LogP contribution in [0.1, 0.15) is 16.2 Å². The maximum absolute atomic E-state index is 11.6. The van der Waals surface area contributed by atoms with E-state index in [1.165, 1.54) is 11.3 Å². The molecule has 1 amide bonds. The van der Waals surface area contributed by atoms with E-state index in [9.17, 15) is 4.79 Å². The molecule has 2 aromatic heterocycles. The molecule has 0 spiro atoms. The van der Waals surface area contributed by atoms with Crippen LogP contribution in [-0.2, 0) is 6.54 Å². The van der Waals surface area contributed by atoms with Crippen molar-refractivity contribution in [1.82, 2.24) is 20.5 Å². The van der Waals surface area contributed by atoms with Crippen molar-refractivity contribution in [3.05, 3.63) is 29.0 Å². The Morgan fingerprint density at radius 2 is 2.50 bits per heavy atom. The molecule has 3 N–H and O–H groups in total. The van der Waals surface area contributed by atoms with Crippen molar-refractivity contribution in [3.63, 3.8) is 0 Å². The van der Waals surface area contributed by atoms with Crippen LogP contribution in [0, 0.1) is 0 Å². The minimum Gasteiger partial charge on any atom is -0.365 e. The number of hydrogen-bond acceptors (Lipinski definition) is 5. The molecular formula is C9H11N5OS. The summed E-state index contributed by atoms with van der Waals surface area (Å²) in [5.74, 6) is -0.188. The highest BCUT2D eigenvalue weighted by Gasteiger charge is 2.09. The van der Waals surface area contributed by atoms with Crippen LogP contribution >= 0.6 is 11.3 Å². The molecule has 0 aliphatic rings. The summed E-state index contributed by atoms with van der Waals surface area (Å²) >= 11 is 1.40. The number of anilines is 1. The summed E-state index contributed by atoms with van der Waals surface area (Å²) in [5.41, 5.74) is 1.28. The number of aromatic amines is 1. The molecule has 6 nitrogen and oxygen atoms in total. The maximum Gasteiger partial charge on any atom is 0.271 e. The van der Waals surface area contributed by atoms with Crippen molar-refractivity contribution in [2.75, 3.05) is 12.4 Å². The number of aromatic nitrogens is 3. The van der Waals surface area contributed by atoms with Gasteiger partial charge in [-0.3, -0.25) is 9.89 Å². The van der Waals surface area contributed by atoms with Crippen LogP contribution in [-0.4, -0.2) is 28.1 Å². The molecule has 2 aromatic rings. The fourth-order valence-electron chi connectivity index (χ4n) is 1.14. The lowest BCUT2D eigenvalue weighted by Gasteiger charge is -1.99. The van der Waals surface area contributed by atoms with E-state index >= 15 is 0 Å². The fraction of sp³-hybridized carbons (Fsp3) is 0.222. The number of H-pyrrole nitrogens is 1. The molecule has 16 heavy (non-hydrogen) atoms. The zero-order valence-electron chi connectivity index (χ0n) is 8.65. The van der Waals surface area contributed by atoms with Gasteiger partial charge in [-0.15, -0.1) is 11.3 Å². The third kappa shape index (κ3) is 2.37. The molecule has 0 aromatic carbocycles. The predicted molar refractivity (Wildman–Crippen MR) is 61.4 cm³/mol. The summed E-state index contributed by atoms with van der Waals surface area (Å²) in [6.45, 7) is 0.422. The molecule has 7 heteroatoms. The Balaban J connectivity index is 1.93. The fourth-order valence-corrected chi connectivity index (χ4v) is 1.79. The minimum atomic E-state index is -0.188. The number of amides is 1. The Hall–Kier alpha value is -1.89. The van der Waals surface area contributed by atoms with Gasteiger partial charge in [0.05, 0.1) is 12.2 Å². The van der Waals surface area contributed by atoms with E-state index in [4.69, 9.17) is 0 Å². The van der Waals surface area contributed by atoms with E-state index in [-0.39, 0.29) is 5.91 Å². The molecule has 0 aliphatic heterocycles. The van der Waals surface area contributed by atoms with E-state index < -0.39 is 0 Å². The van der Waals surface area contributed by atoms with Crippen LogP contribution in [0.3, 0.4) is 0 Å². The quantitative estimate of drug-likeness (QED) is 0.735. The minimum absolute atomic E-state index is 0.188. The largest absolute Gasteiger partial charge is 0.365 e. The van der Waals surface area contributed by atoms with E-state index in [1.54, 1.807) is 24.7 Å². The lowest BCUT2D eigenvalue weighted by molar-refractivity contribution is 0.0946. The molecule has 0 radical (unpaired) electrons. The normalized spacial score (nSPS) is 10.1. The summed E-state index contributed by atoms with van der Waals surface area (Å²) in [5, 5.41) is 14.6. The average Bonchev–Trinajstić information content (AvgIpc) is 2.96. The lowest BCUT2D eigenvalue weighted by Crippen LogP contribution is -2.23. The van der Waals surface area contributed by atoms with Crippen LogP contribution < -0.4 is 10.6 Å². The van der Waals surface area contributed by atoms with Gasteiger partial charge < -0.3 is 10.6 Å². The summed E-state index contributed by atoms with van der Waals surface area (Å²) in [4.78, 5) is 15.7. The van der Waals surface area contributed by atoms with Crippen molar-refractivity contribution in [1.29, 1.82) is 0 Å². The summed E-state index contributed by atoms with van der Waals surface area (Å²) in [7, 11) is 1.77. The Labute approximate surface area is 96.1 Å². The number of carbonyl (C=O) groups is 1. The second-order valence-electron chi connectivity index (χ2n) is 3.05. The first-order chi connectivity index (χ1) is 7.79. The van der Waals surface area contributed by atoms with E-state index in [1.807, 2.05) is 0 Å². The van der Waals surface area contributed by atoms with Crippen molar-refractivity contribution in [3.8, 4) is 0 Å². The van der Waals surface area contributed by atoms with Crippen molar-refractivity contribution in [2.24, 2.45) is 0 Å². The molecule has 0 fully saturated rings. The van der Waals surface area contributed by atoms with Crippen molar-refractivity contribution in [2.45, 2.75) is 6.54 Å². The van der Waals surface area contributed by atoms with Crippen LogP contribution in [0.4, 0.5) is 5.13 Å². The number of nitrogens with zero attached hydrogens (tertiary/aromatic N) is 2. The van der Waals surface area contributed by atoms with Gasteiger partial charge in [0, 0.05) is 18.6 Å². The molecule has 0 saturated heterocycles. The van der Waals surface area contributed by atoms with Gasteiger partial charge in [0.1, 0.15) is 5.69 Å². The van der Waals surface area contributed by atoms with Gasteiger partial charge in [0.25, 0.3) is 5.91 Å². The Morgan fingerprint density at radius 3 is 3.12 bits per heavy atom. The number of rotatable bonds is 4. The molecule has 0 unspecified atom stereocenters. The highest BCUT2D eigenvalue weighted by Crippen LogP contribution is 2.14. The Morgan fingerprint density at radius 1 is 1.62 bits per heavy atom. The van der Waals surface area contributed by atoms with Crippen molar-refractivity contribution >= 4 is 22.4 Å². The highest BCUT2D eigenvalue weighted by molar-refractivity contribution is 7.13. The predicted octanol–water partition coefficient (Wildman–Crippen LogP) is 0.838. The smallest absolute Gasteiger partial charge is 0.271 e. The number of nitrogens with one attached hydrogen (secondary N) is 3. The topological polar surface area (TPSA) is 82.7 Å². The number of thiazole rings is 1. The zero-order valence-corrected chi connectivity index (χ0v) is 9.47. The first-order valence-electron chi connectivity index (χ1n) is 4.69. The average molecular weight is 237 g/mol. The summed E-state index contributed by atoms with van der Waals surface area (Å²) in [6.07, 6.45) is 1.64. The molecule has 0 bridgehead atoms. The Bertz CT molecular complexity index is 464. The third-order valence-electron chi connectivity index (χ3n) is 1.95. The second-order valence-corrected chi connectivity index (χ2v) is 3.91. The van der Waals surface area contributed by atoms with E-state index in [0.717, 1.165) is 10.8 Å². The summed E-state index contributed by atoms with van der Waals surface area (Å²) < 4.78 is 0. The van der Waals surface area contributed by atoms with Gasteiger partial charge in [0.2, 0.25) is 0 Å². The van der Waals surface area contributed by atoms with Crippen LogP contribution in [0.2, 0.25) is 0 Å². The van der Waals surface area contributed by atoms with Gasteiger partial charge >= 0.3 is 0 Å². The summed E-state index contributed by atoms with van der Waals surface area (Å²) in [6, 6.07) is 1.81. The molecule has 0 aliphatic carbocycles. The molecule has 84 valence electrons. The van der Waals surface area contributed by atoms with Crippen LogP contribution in [0.5, 0.6) is 0 Å². The van der Waals surface area contributed by atoms with Crippen LogP contribution in [0.15, 0.2) is 17.6 Å². The molecule has 2 heterocycles. The lowest BCUT2D eigenvalue weighted by atomic mass is 10.4. The third-order valence-corrected chi connectivity index (χ3v) is 2.81. The zero-order chi connectivity index (χ0) is 11.4. The monoisotopic (exact) mass is 237 g/mol. The van der Waals surface area contributed by atoms with Gasteiger partial charge in [-0.05, 0) is 6.07 Å². The number of hydrogen-bond donors (Lipinski definition) is 3. The molecular weight excluding hydrogens is 226 g/mol. The first kappa shape index (κ1) is 10.6. The SMILES string of the molecule is CNc1nc(C(=O)NCc2ccn[nH]2)cs1. The highest BCUT2D eigenvalue weighted by atomic mass is 32.1. The first-order valence-corrected chi connectivity index (χ1v) is 5.57.